The Morgan fingerprint density at radius 3 is 2.85 bits per heavy atom. The van der Waals surface area contributed by atoms with Crippen molar-refractivity contribution in [1.29, 1.82) is 0 Å². The molecule has 0 aromatic carbocycles. The zero-order valence-electron chi connectivity index (χ0n) is 14.8. The molecule has 10 heteroatoms. The fourth-order valence-corrected chi connectivity index (χ4v) is 4.81. The van der Waals surface area contributed by atoms with Crippen molar-refractivity contribution in [2.45, 2.75) is 56.3 Å². The topological polar surface area (TPSA) is 86.4 Å². The fraction of sp³-hybridized carbons (Fsp3) is 0.875. The first-order chi connectivity index (χ1) is 12.7. The van der Waals surface area contributed by atoms with Gasteiger partial charge in [0.1, 0.15) is 6.04 Å². The van der Waals surface area contributed by atoms with Crippen molar-refractivity contribution < 1.29 is 18.7 Å². The van der Waals surface area contributed by atoms with Crippen molar-refractivity contribution in [3.05, 3.63) is 0 Å². The predicted octanol–water partition coefficient (Wildman–Crippen LogP) is -0.0945. The minimum atomic E-state index is -0.513. The van der Waals surface area contributed by atoms with Gasteiger partial charge >= 0.3 is 6.03 Å². The zero-order chi connectivity index (χ0) is 18.1. The maximum Gasteiger partial charge on any atom is 0.345 e. The second-order valence-electron chi connectivity index (χ2n) is 7.60. The predicted molar refractivity (Wildman–Crippen MR) is 95.9 cm³/mol. The van der Waals surface area contributed by atoms with E-state index in [0.717, 1.165) is 13.0 Å². The summed E-state index contributed by atoms with van der Waals surface area (Å²) in [6.45, 7) is 4.28. The van der Waals surface area contributed by atoms with E-state index in [1.54, 1.807) is 0 Å². The van der Waals surface area contributed by atoms with E-state index in [0.29, 0.717) is 32.0 Å². The van der Waals surface area contributed by atoms with E-state index < -0.39 is 6.04 Å². The highest BCUT2D eigenvalue weighted by atomic mass is 32.1. The molecule has 146 valence electrons. The molecule has 4 heterocycles. The van der Waals surface area contributed by atoms with Gasteiger partial charge in [0.05, 0.1) is 12.6 Å². The Hall–Kier alpha value is -1.07. The molecule has 4 atom stereocenters. The third-order valence-corrected chi connectivity index (χ3v) is 6.20. The number of nitrogens with one attached hydrogen (secondary N) is 2. The van der Waals surface area contributed by atoms with E-state index in [1.807, 2.05) is 0 Å². The highest BCUT2D eigenvalue weighted by Gasteiger charge is 2.48. The van der Waals surface area contributed by atoms with Crippen LogP contribution in [0.3, 0.4) is 0 Å². The molecule has 2 bridgehead atoms. The van der Waals surface area contributed by atoms with Gasteiger partial charge in [0.25, 0.3) is 5.91 Å². The monoisotopic (exact) mass is 385 g/mol. The van der Waals surface area contributed by atoms with Gasteiger partial charge in [-0.05, 0) is 45.2 Å². The molecule has 0 radical (unpaired) electrons. The Morgan fingerprint density at radius 2 is 2.08 bits per heavy atom. The number of carbonyl (C=O) groups is 2. The van der Waals surface area contributed by atoms with Crippen molar-refractivity contribution in [3.63, 3.8) is 0 Å². The fourth-order valence-electron chi connectivity index (χ4n) is 4.60. The zero-order valence-corrected chi connectivity index (χ0v) is 15.7. The van der Waals surface area contributed by atoms with Gasteiger partial charge in [-0.3, -0.25) is 14.5 Å². The molecule has 26 heavy (non-hydrogen) atoms. The van der Waals surface area contributed by atoms with E-state index >= 15 is 0 Å². The van der Waals surface area contributed by atoms with E-state index in [9.17, 15) is 9.59 Å². The average Bonchev–Trinajstić information content (AvgIpc) is 3.37. The van der Waals surface area contributed by atoms with Crippen molar-refractivity contribution in [2.24, 2.45) is 0 Å². The van der Waals surface area contributed by atoms with Gasteiger partial charge in [-0.2, -0.15) is 5.06 Å². The number of carbonyl (C=O) groups excluding carboxylic acids is 2. The average molecular weight is 385 g/mol. The van der Waals surface area contributed by atoms with Gasteiger partial charge < -0.3 is 10.2 Å². The molecule has 4 aliphatic rings. The van der Waals surface area contributed by atoms with Crippen LogP contribution >= 0.6 is 12.9 Å². The lowest BCUT2D eigenvalue weighted by Gasteiger charge is -2.29. The van der Waals surface area contributed by atoms with E-state index in [1.165, 1.54) is 35.9 Å². The smallest absolute Gasteiger partial charge is 0.310 e. The summed E-state index contributed by atoms with van der Waals surface area (Å²) in [5, 5.41) is 4.70. The minimum absolute atomic E-state index is 0.0322. The number of likely N-dealkylation sites (tertiary alicyclic amines) is 1. The van der Waals surface area contributed by atoms with Crippen LogP contribution in [0.15, 0.2) is 0 Å². The molecular formula is C16H27N5O4S. The number of hydrogen-bond donors (Lipinski definition) is 3. The molecule has 0 aromatic heterocycles. The van der Waals surface area contributed by atoms with E-state index in [-0.39, 0.29) is 24.0 Å². The summed E-state index contributed by atoms with van der Waals surface area (Å²) < 4.78 is 4.83. The third kappa shape index (κ3) is 3.53. The van der Waals surface area contributed by atoms with Crippen LogP contribution in [0.25, 0.3) is 0 Å². The molecule has 4 fully saturated rings. The SMILES string of the molecule is O=C(NOC[C@@H]1C[C@@H](N2CCCC2)CN1)C1CCC2CN1C(=O)N2OS. The number of rotatable bonds is 6. The van der Waals surface area contributed by atoms with E-state index in [2.05, 4.69) is 28.6 Å². The standard InChI is InChI=1S/C16H27N5O4S/c22-15(14-4-3-12-9-20(14)16(23)21(12)25-26)18-24-10-11-7-13(8-17-11)19-5-1-2-6-19/h11-14,17,26H,1-10H2,(H,18,22)/t11-,12?,13+,14?/m0/s1. The summed E-state index contributed by atoms with van der Waals surface area (Å²) in [7, 11) is 0. The second kappa shape index (κ2) is 7.89. The molecule has 0 aliphatic carbocycles. The summed E-state index contributed by atoms with van der Waals surface area (Å²) in [4.78, 5) is 34.2. The van der Waals surface area contributed by atoms with Crippen LogP contribution in [0.2, 0.25) is 0 Å². The van der Waals surface area contributed by atoms with Crippen molar-refractivity contribution >= 4 is 24.8 Å². The number of hydrogen-bond acceptors (Lipinski definition) is 7. The van der Waals surface area contributed by atoms with Crippen LogP contribution in [-0.4, -0.2) is 83.8 Å². The van der Waals surface area contributed by atoms with Crippen molar-refractivity contribution in [1.82, 2.24) is 25.7 Å². The first-order valence-electron chi connectivity index (χ1n) is 9.48. The van der Waals surface area contributed by atoms with E-state index in [4.69, 9.17) is 9.12 Å². The molecule has 4 rings (SSSR count). The molecular weight excluding hydrogens is 358 g/mol. The maximum absolute atomic E-state index is 12.4. The number of urea groups is 1. The molecule has 2 unspecified atom stereocenters. The van der Waals surface area contributed by atoms with Gasteiger partial charge in [-0.25, -0.2) is 14.6 Å². The first kappa shape index (κ1) is 18.3. The Kier molecular flexibility index (Phi) is 5.55. The largest absolute Gasteiger partial charge is 0.345 e. The molecule has 4 aliphatic heterocycles. The summed E-state index contributed by atoms with van der Waals surface area (Å²) >= 11 is 3.73. The Bertz CT molecular complexity index is 547. The van der Waals surface area contributed by atoms with Crippen LogP contribution in [-0.2, 0) is 13.9 Å². The normalized spacial score (nSPS) is 34.7. The summed E-state index contributed by atoms with van der Waals surface area (Å²) in [5.74, 6) is -0.271. The van der Waals surface area contributed by atoms with Gasteiger partial charge in [-0.1, -0.05) is 0 Å². The lowest BCUT2D eigenvalue weighted by atomic mass is 10.0. The number of fused-ring (bicyclic) bond motifs is 2. The number of thiol groups is 1. The van der Waals surface area contributed by atoms with Crippen molar-refractivity contribution in [2.75, 3.05) is 32.8 Å². The molecule has 0 spiro atoms. The van der Waals surface area contributed by atoms with Crippen LogP contribution < -0.4 is 10.8 Å². The summed E-state index contributed by atoms with van der Waals surface area (Å²) in [6, 6.07) is -0.0329. The second-order valence-corrected chi connectivity index (χ2v) is 7.77. The van der Waals surface area contributed by atoms with Gasteiger partial charge in [0, 0.05) is 38.1 Å². The Labute approximate surface area is 158 Å². The molecule has 9 nitrogen and oxygen atoms in total. The lowest BCUT2D eigenvalue weighted by Crippen LogP contribution is -2.50. The third-order valence-electron chi connectivity index (χ3n) is 6.03. The Morgan fingerprint density at radius 1 is 1.27 bits per heavy atom. The number of hydroxylamine groups is 3. The highest BCUT2D eigenvalue weighted by molar-refractivity contribution is 7.75. The van der Waals surface area contributed by atoms with Crippen LogP contribution in [0.1, 0.15) is 32.1 Å². The van der Waals surface area contributed by atoms with Gasteiger partial charge in [0.15, 0.2) is 0 Å². The van der Waals surface area contributed by atoms with Crippen LogP contribution in [0, 0.1) is 0 Å². The van der Waals surface area contributed by atoms with Crippen molar-refractivity contribution in [3.8, 4) is 0 Å². The molecule has 2 N–H and O–H groups in total. The Balaban J connectivity index is 1.21. The van der Waals surface area contributed by atoms with Crippen LogP contribution in [0.4, 0.5) is 4.79 Å². The minimum Gasteiger partial charge on any atom is -0.310 e. The molecule has 0 aromatic rings. The first-order valence-corrected chi connectivity index (χ1v) is 9.84. The lowest BCUT2D eigenvalue weighted by molar-refractivity contribution is -0.139. The maximum atomic E-state index is 12.4. The summed E-state index contributed by atoms with van der Waals surface area (Å²) in [6.07, 6.45) is 4.93. The van der Waals surface area contributed by atoms with Gasteiger partial charge in [0.2, 0.25) is 0 Å². The molecule has 3 amide bonds. The van der Waals surface area contributed by atoms with Crippen LogP contribution in [0.5, 0.6) is 0 Å². The molecule has 4 saturated heterocycles. The van der Waals surface area contributed by atoms with Gasteiger partial charge in [-0.15, -0.1) is 0 Å². The number of amides is 3. The quantitative estimate of drug-likeness (QED) is 0.337. The number of piperidine rings is 1. The molecule has 0 saturated carbocycles. The number of nitrogens with zero attached hydrogens (tertiary/aromatic N) is 3. The summed E-state index contributed by atoms with van der Waals surface area (Å²) in [5.41, 5.74) is 2.54. The highest BCUT2D eigenvalue weighted by Crippen LogP contribution is 2.30.